The summed E-state index contributed by atoms with van der Waals surface area (Å²) >= 11 is 0. The third kappa shape index (κ3) is 4.65. The number of hydrogen-bond acceptors (Lipinski definition) is 3. The highest BCUT2D eigenvalue weighted by Gasteiger charge is 2.08. The topological polar surface area (TPSA) is 49.8 Å². The zero-order valence-electron chi connectivity index (χ0n) is 11.1. The number of carboxylic acid groups (broad SMARTS) is 1. The van der Waals surface area contributed by atoms with Crippen LogP contribution in [0.4, 0.5) is 5.69 Å². The predicted molar refractivity (Wildman–Crippen MR) is 72.4 cm³/mol. The van der Waals surface area contributed by atoms with Crippen LogP contribution in [0.15, 0.2) is 24.3 Å². The Morgan fingerprint density at radius 1 is 1.28 bits per heavy atom. The lowest BCUT2D eigenvalue weighted by Gasteiger charge is -2.24. The molecular weight excluding hydrogens is 230 g/mol. The van der Waals surface area contributed by atoms with Gasteiger partial charge in [-0.15, -0.1) is 0 Å². The average Bonchev–Trinajstić information content (AvgIpc) is 2.39. The minimum Gasteiger partial charge on any atom is -0.497 e. The Hall–Kier alpha value is -1.71. The molecule has 1 N–H and O–H groups in total. The van der Waals surface area contributed by atoms with E-state index in [0.29, 0.717) is 6.54 Å². The quantitative estimate of drug-likeness (QED) is 0.772. The summed E-state index contributed by atoms with van der Waals surface area (Å²) in [5, 5.41) is 8.77. The fourth-order valence-corrected chi connectivity index (χ4v) is 1.74. The summed E-state index contributed by atoms with van der Waals surface area (Å²) in [5.41, 5.74) is 1.05. The number of unbranched alkanes of at least 4 members (excludes halogenated alkanes) is 1. The lowest BCUT2D eigenvalue weighted by Crippen LogP contribution is -2.27. The monoisotopic (exact) mass is 251 g/mol. The molecule has 18 heavy (non-hydrogen) atoms. The number of anilines is 1. The second kappa shape index (κ2) is 7.58. The first-order valence-electron chi connectivity index (χ1n) is 6.28. The Morgan fingerprint density at radius 2 is 1.94 bits per heavy atom. The van der Waals surface area contributed by atoms with Crippen LogP contribution in [0.3, 0.4) is 0 Å². The van der Waals surface area contributed by atoms with Crippen molar-refractivity contribution >= 4 is 11.7 Å². The first kappa shape index (κ1) is 14.4. The maximum Gasteiger partial charge on any atom is 0.305 e. The Balaban J connectivity index is 2.69. The van der Waals surface area contributed by atoms with Crippen molar-refractivity contribution in [2.24, 2.45) is 0 Å². The fraction of sp³-hybridized carbons (Fsp3) is 0.500. The van der Waals surface area contributed by atoms with Gasteiger partial charge in [0.2, 0.25) is 0 Å². The molecule has 0 spiro atoms. The fourth-order valence-electron chi connectivity index (χ4n) is 1.74. The van der Waals surface area contributed by atoms with Crippen LogP contribution in [-0.4, -0.2) is 31.3 Å². The molecule has 1 aromatic rings. The molecule has 0 fully saturated rings. The number of benzene rings is 1. The minimum absolute atomic E-state index is 0.162. The van der Waals surface area contributed by atoms with Crippen molar-refractivity contribution in [1.29, 1.82) is 0 Å². The van der Waals surface area contributed by atoms with E-state index in [2.05, 4.69) is 11.8 Å². The molecule has 0 saturated carbocycles. The van der Waals surface area contributed by atoms with Gasteiger partial charge in [-0.1, -0.05) is 13.3 Å². The second-order valence-electron chi connectivity index (χ2n) is 4.18. The Kier molecular flexibility index (Phi) is 6.05. The number of carboxylic acids is 1. The van der Waals surface area contributed by atoms with Gasteiger partial charge in [0.1, 0.15) is 5.75 Å². The van der Waals surface area contributed by atoms with Gasteiger partial charge in [-0.3, -0.25) is 4.79 Å². The van der Waals surface area contributed by atoms with Gasteiger partial charge in [-0.05, 0) is 30.7 Å². The number of carbonyl (C=O) groups is 1. The first-order valence-corrected chi connectivity index (χ1v) is 6.28. The number of hydrogen-bond donors (Lipinski definition) is 1. The summed E-state index contributed by atoms with van der Waals surface area (Å²) in [6.07, 6.45) is 2.32. The van der Waals surface area contributed by atoms with Crippen molar-refractivity contribution in [3.63, 3.8) is 0 Å². The van der Waals surface area contributed by atoms with Gasteiger partial charge in [0.25, 0.3) is 0 Å². The molecule has 0 aliphatic heterocycles. The molecule has 0 bridgehead atoms. The number of rotatable bonds is 8. The van der Waals surface area contributed by atoms with Crippen molar-refractivity contribution in [3.05, 3.63) is 24.3 Å². The molecule has 0 saturated heterocycles. The van der Waals surface area contributed by atoms with E-state index in [-0.39, 0.29) is 6.42 Å². The Morgan fingerprint density at radius 3 is 2.44 bits per heavy atom. The maximum absolute atomic E-state index is 10.7. The van der Waals surface area contributed by atoms with E-state index in [4.69, 9.17) is 9.84 Å². The molecule has 0 amide bonds. The van der Waals surface area contributed by atoms with Crippen LogP contribution in [0, 0.1) is 0 Å². The molecule has 1 aromatic carbocycles. The Labute approximate surface area is 108 Å². The van der Waals surface area contributed by atoms with Gasteiger partial charge in [-0.2, -0.15) is 0 Å². The summed E-state index contributed by atoms with van der Waals surface area (Å²) in [6, 6.07) is 7.73. The molecule has 0 aliphatic carbocycles. The van der Waals surface area contributed by atoms with Crippen LogP contribution in [0.2, 0.25) is 0 Å². The highest BCUT2D eigenvalue weighted by Crippen LogP contribution is 2.19. The third-order valence-electron chi connectivity index (χ3n) is 2.81. The molecule has 0 unspecified atom stereocenters. The SMILES string of the molecule is CCCCN(CCC(=O)O)c1ccc(OC)cc1. The summed E-state index contributed by atoms with van der Waals surface area (Å²) < 4.78 is 5.12. The Bertz CT molecular complexity index is 362. The van der Waals surface area contributed by atoms with Crippen LogP contribution >= 0.6 is 0 Å². The van der Waals surface area contributed by atoms with E-state index in [9.17, 15) is 4.79 Å². The van der Waals surface area contributed by atoms with Crippen molar-refractivity contribution in [2.45, 2.75) is 26.2 Å². The van der Waals surface area contributed by atoms with Gasteiger partial charge < -0.3 is 14.7 Å². The summed E-state index contributed by atoms with van der Waals surface area (Å²) in [6.45, 7) is 3.56. The lowest BCUT2D eigenvalue weighted by molar-refractivity contribution is -0.136. The van der Waals surface area contributed by atoms with Crippen LogP contribution in [0.5, 0.6) is 5.75 Å². The highest BCUT2D eigenvalue weighted by atomic mass is 16.5. The normalized spacial score (nSPS) is 10.1. The zero-order valence-corrected chi connectivity index (χ0v) is 11.1. The standard InChI is InChI=1S/C14H21NO3/c1-3-4-10-15(11-9-14(16)17)12-5-7-13(18-2)8-6-12/h5-8H,3-4,9-11H2,1-2H3,(H,16,17). The largest absolute Gasteiger partial charge is 0.497 e. The zero-order chi connectivity index (χ0) is 13.4. The number of ether oxygens (including phenoxy) is 1. The van der Waals surface area contributed by atoms with Crippen LogP contribution in [-0.2, 0) is 4.79 Å². The molecule has 0 aliphatic rings. The van der Waals surface area contributed by atoms with E-state index in [1.54, 1.807) is 7.11 Å². The van der Waals surface area contributed by atoms with Gasteiger partial charge >= 0.3 is 5.97 Å². The molecule has 4 nitrogen and oxygen atoms in total. The molecule has 1 rings (SSSR count). The van der Waals surface area contributed by atoms with E-state index < -0.39 is 5.97 Å². The molecule has 0 atom stereocenters. The number of methoxy groups -OCH3 is 1. The summed E-state index contributed by atoms with van der Waals surface area (Å²) in [7, 11) is 1.63. The van der Waals surface area contributed by atoms with Gasteiger partial charge in [-0.25, -0.2) is 0 Å². The van der Waals surface area contributed by atoms with Crippen molar-refractivity contribution in [3.8, 4) is 5.75 Å². The van der Waals surface area contributed by atoms with E-state index in [1.807, 2.05) is 24.3 Å². The molecule has 4 heteroatoms. The lowest BCUT2D eigenvalue weighted by atomic mass is 10.2. The van der Waals surface area contributed by atoms with Crippen LogP contribution < -0.4 is 9.64 Å². The van der Waals surface area contributed by atoms with E-state index in [0.717, 1.165) is 30.8 Å². The summed E-state index contributed by atoms with van der Waals surface area (Å²) in [4.78, 5) is 12.8. The molecule has 0 aromatic heterocycles. The second-order valence-corrected chi connectivity index (χ2v) is 4.18. The van der Waals surface area contributed by atoms with E-state index in [1.165, 1.54) is 0 Å². The molecule has 0 heterocycles. The van der Waals surface area contributed by atoms with E-state index >= 15 is 0 Å². The van der Waals surface area contributed by atoms with Crippen LogP contribution in [0.25, 0.3) is 0 Å². The van der Waals surface area contributed by atoms with Crippen molar-refractivity contribution < 1.29 is 14.6 Å². The molecule has 100 valence electrons. The average molecular weight is 251 g/mol. The van der Waals surface area contributed by atoms with Gasteiger partial charge in [0, 0.05) is 18.8 Å². The predicted octanol–water partition coefficient (Wildman–Crippen LogP) is 2.78. The number of aliphatic carboxylic acids is 1. The minimum atomic E-state index is -0.759. The summed E-state index contributed by atoms with van der Waals surface area (Å²) in [5.74, 6) is 0.0532. The maximum atomic E-state index is 10.7. The third-order valence-corrected chi connectivity index (χ3v) is 2.81. The first-order chi connectivity index (χ1) is 8.67. The highest BCUT2D eigenvalue weighted by molar-refractivity contribution is 5.67. The molecule has 0 radical (unpaired) electrons. The number of nitrogens with zero attached hydrogens (tertiary/aromatic N) is 1. The smallest absolute Gasteiger partial charge is 0.305 e. The molecular formula is C14H21NO3. The van der Waals surface area contributed by atoms with Gasteiger partial charge in [0.05, 0.1) is 13.5 Å². The van der Waals surface area contributed by atoms with Gasteiger partial charge in [0.15, 0.2) is 0 Å². The van der Waals surface area contributed by atoms with Crippen LogP contribution in [0.1, 0.15) is 26.2 Å². The van der Waals surface area contributed by atoms with Crippen molar-refractivity contribution in [2.75, 3.05) is 25.1 Å². The van der Waals surface area contributed by atoms with Crippen molar-refractivity contribution in [1.82, 2.24) is 0 Å².